The van der Waals surface area contributed by atoms with Crippen molar-refractivity contribution in [3.8, 4) is 5.75 Å². The zero-order chi connectivity index (χ0) is 17.9. The fourth-order valence-electron chi connectivity index (χ4n) is 2.89. The van der Waals surface area contributed by atoms with Gasteiger partial charge >= 0.3 is 0 Å². The second-order valence-electron chi connectivity index (χ2n) is 6.18. The number of ether oxygens (including phenoxy) is 1. The minimum absolute atomic E-state index is 0.0594. The van der Waals surface area contributed by atoms with Crippen LogP contribution in [0.3, 0.4) is 0 Å². The molecule has 0 radical (unpaired) electrons. The molecule has 25 heavy (non-hydrogen) atoms. The van der Waals surface area contributed by atoms with Gasteiger partial charge in [0.05, 0.1) is 4.90 Å². The molecule has 132 valence electrons. The first-order chi connectivity index (χ1) is 11.9. The number of rotatable bonds is 5. The Morgan fingerprint density at radius 1 is 1.00 bits per heavy atom. The summed E-state index contributed by atoms with van der Waals surface area (Å²) in [5.74, 6) is 0.407. The number of nitrogens with zero attached hydrogens (tertiary/aromatic N) is 1. The highest BCUT2D eigenvalue weighted by molar-refractivity contribution is 7.90. The van der Waals surface area contributed by atoms with E-state index in [4.69, 9.17) is 4.74 Å². The fourth-order valence-corrected chi connectivity index (χ4v) is 3.52. The zero-order valence-electron chi connectivity index (χ0n) is 14.1. The fraction of sp³-hybridized carbons (Fsp3) is 0.316. The van der Waals surface area contributed by atoms with E-state index in [1.165, 1.54) is 12.1 Å². The molecule has 1 atom stereocenters. The molecule has 3 rings (SSSR count). The third kappa shape index (κ3) is 4.20. The lowest BCUT2D eigenvalue weighted by atomic mass is 10.1. The summed E-state index contributed by atoms with van der Waals surface area (Å²) in [5.41, 5.74) is 0.784. The van der Waals surface area contributed by atoms with Gasteiger partial charge in [-0.05, 0) is 37.1 Å². The molecule has 6 heteroatoms. The van der Waals surface area contributed by atoms with Crippen molar-refractivity contribution >= 4 is 15.7 Å². The summed E-state index contributed by atoms with van der Waals surface area (Å²) < 4.78 is 29.1. The molecule has 0 aliphatic carbocycles. The normalized spacial score (nSPS) is 15.8. The Balaban J connectivity index is 1.86. The van der Waals surface area contributed by atoms with Crippen LogP contribution in [-0.4, -0.2) is 38.6 Å². The quantitative estimate of drug-likeness (QED) is 0.823. The zero-order valence-corrected chi connectivity index (χ0v) is 14.9. The van der Waals surface area contributed by atoms with E-state index < -0.39 is 15.9 Å². The largest absolute Gasteiger partial charge is 0.476 e. The van der Waals surface area contributed by atoms with Crippen LogP contribution in [0, 0.1) is 0 Å². The van der Waals surface area contributed by atoms with Crippen molar-refractivity contribution in [3.63, 3.8) is 0 Å². The maximum absolute atomic E-state index is 12.9. The van der Waals surface area contributed by atoms with Gasteiger partial charge in [-0.2, -0.15) is 0 Å². The predicted octanol–water partition coefficient (Wildman–Crippen LogP) is 2.83. The maximum Gasteiger partial charge on any atom is 0.268 e. The highest BCUT2D eigenvalue weighted by atomic mass is 32.2. The molecule has 2 aromatic carbocycles. The van der Waals surface area contributed by atoms with E-state index in [9.17, 15) is 13.2 Å². The summed E-state index contributed by atoms with van der Waals surface area (Å²) in [6.07, 6.45) is 2.45. The summed E-state index contributed by atoms with van der Waals surface area (Å²) in [6, 6.07) is 15.5. The summed E-state index contributed by atoms with van der Waals surface area (Å²) in [7, 11) is -3.26. The molecule has 1 saturated heterocycles. The number of sulfone groups is 1. The third-order valence-electron chi connectivity index (χ3n) is 4.25. The van der Waals surface area contributed by atoms with Crippen LogP contribution >= 0.6 is 0 Å². The Hall–Kier alpha value is -2.34. The van der Waals surface area contributed by atoms with Gasteiger partial charge in [0.1, 0.15) is 5.75 Å². The summed E-state index contributed by atoms with van der Waals surface area (Å²) in [4.78, 5) is 14.9. The number of hydrogen-bond donors (Lipinski definition) is 0. The van der Waals surface area contributed by atoms with Gasteiger partial charge in [-0.1, -0.05) is 30.3 Å². The number of likely N-dealkylation sites (tertiary alicyclic amines) is 1. The highest BCUT2D eigenvalue weighted by Gasteiger charge is 2.29. The number of hydrogen-bond acceptors (Lipinski definition) is 4. The molecule has 0 aromatic heterocycles. The lowest BCUT2D eigenvalue weighted by Crippen LogP contribution is -2.35. The second-order valence-corrected chi connectivity index (χ2v) is 8.20. The molecular formula is C19H21NO4S. The summed E-state index contributed by atoms with van der Waals surface area (Å²) >= 11 is 0. The van der Waals surface area contributed by atoms with Gasteiger partial charge in [0.25, 0.3) is 5.91 Å². The topological polar surface area (TPSA) is 63.7 Å². The van der Waals surface area contributed by atoms with E-state index in [0.717, 1.165) is 37.8 Å². The first-order valence-electron chi connectivity index (χ1n) is 8.26. The lowest BCUT2D eigenvalue weighted by Gasteiger charge is -2.24. The molecule has 0 spiro atoms. The van der Waals surface area contributed by atoms with Gasteiger partial charge in [-0.15, -0.1) is 0 Å². The Bertz CT molecular complexity index is 825. The average Bonchev–Trinajstić information content (AvgIpc) is 3.14. The van der Waals surface area contributed by atoms with Crippen molar-refractivity contribution in [2.45, 2.75) is 23.8 Å². The number of carbonyl (C=O) groups is 1. The van der Waals surface area contributed by atoms with Crippen LogP contribution in [0.4, 0.5) is 0 Å². The Kier molecular flexibility index (Phi) is 5.08. The molecule has 1 amide bonds. The second kappa shape index (κ2) is 7.27. The van der Waals surface area contributed by atoms with Crippen LogP contribution in [0.5, 0.6) is 5.75 Å². The minimum atomic E-state index is -3.26. The van der Waals surface area contributed by atoms with Crippen LogP contribution in [0.1, 0.15) is 24.5 Å². The van der Waals surface area contributed by atoms with Gasteiger partial charge in [-0.3, -0.25) is 4.79 Å². The van der Waals surface area contributed by atoms with Crippen molar-refractivity contribution in [3.05, 3.63) is 60.2 Å². The Morgan fingerprint density at radius 3 is 2.16 bits per heavy atom. The lowest BCUT2D eigenvalue weighted by molar-refractivity contribution is -0.137. The molecule has 0 unspecified atom stereocenters. The smallest absolute Gasteiger partial charge is 0.268 e. The maximum atomic E-state index is 12.9. The Morgan fingerprint density at radius 2 is 1.60 bits per heavy atom. The van der Waals surface area contributed by atoms with Gasteiger partial charge in [0.15, 0.2) is 9.84 Å². The van der Waals surface area contributed by atoms with E-state index >= 15 is 0 Å². The van der Waals surface area contributed by atoms with Crippen LogP contribution in [0.15, 0.2) is 59.5 Å². The number of benzene rings is 2. The SMILES string of the molecule is CS(=O)(=O)c1ccc(O[C@H](C(=O)N2CCCC2)c2ccccc2)cc1. The molecule has 1 aliphatic rings. The van der Waals surface area contributed by atoms with Crippen LogP contribution in [-0.2, 0) is 14.6 Å². The van der Waals surface area contributed by atoms with Crippen LogP contribution in [0.2, 0.25) is 0 Å². The van der Waals surface area contributed by atoms with Crippen molar-refractivity contribution in [1.29, 1.82) is 0 Å². The van der Waals surface area contributed by atoms with Crippen molar-refractivity contribution < 1.29 is 17.9 Å². The van der Waals surface area contributed by atoms with E-state index in [1.807, 2.05) is 35.2 Å². The summed E-state index contributed by atoms with van der Waals surface area (Å²) in [5, 5.41) is 0. The predicted molar refractivity (Wildman–Crippen MR) is 95.2 cm³/mol. The highest BCUT2D eigenvalue weighted by Crippen LogP contribution is 2.26. The summed E-state index contributed by atoms with van der Waals surface area (Å²) in [6.45, 7) is 1.50. The molecule has 0 bridgehead atoms. The standard InChI is InChI=1S/C19H21NO4S/c1-25(22,23)17-11-9-16(10-12-17)24-18(15-7-3-2-4-8-15)19(21)20-13-5-6-14-20/h2-4,7-12,18H,5-6,13-14H2,1H3/t18-/m0/s1. The molecule has 0 saturated carbocycles. The van der Waals surface area contributed by atoms with E-state index in [2.05, 4.69) is 0 Å². The average molecular weight is 359 g/mol. The Labute approximate surface area is 148 Å². The van der Waals surface area contributed by atoms with Crippen LogP contribution < -0.4 is 4.74 Å². The molecular weight excluding hydrogens is 338 g/mol. The molecule has 1 heterocycles. The molecule has 2 aromatic rings. The van der Waals surface area contributed by atoms with E-state index in [0.29, 0.717) is 5.75 Å². The molecule has 1 fully saturated rings. The molecule has 1 aliphatic heterocycles. The van der Waals surface area contributed by atoms with Crippen molar-refractivity contribution in [1.82, 2.24) is 4.90 Å². The number of amides is 1. The molecule has 5 nitrogen and oxygen atoms in total. The van der Waals surface area contributed by atoms with Gasteiger partial charge < -0.3 is 9.64 Å². The van der Waals surface area contributed by atoms with Gasteiger partial charge in [0.2, 0.25) is 6.10 Å². The van der Waals surface area contributed by atoms with E-state index in [-0.39, 0.29) is 10.8 Å². The van der Waals surface area contributed by atoms with Crippen LogP contribution in [0.25, 0.3) is 0 Å². The first kappa shape index (κ1) is 17.5. The minimum Gasteiger partial charge on any atom is -0.476 e. The van der Waals surface area contributed by atoms with Crippen molar-refractivity contribution in [2.75, 3.05) is 19.3 Å². The van der Waals surface area contributed by atoms with Gasteiger partial charge in [-0.25, -0.2) is 8.42 Å². The van der Waals surface area contributed by atoms with E-state index in [1.54, 1.807) is 12.1 Å². The monoisotopic (exact) mass is 359 g/mol. The van der Waals surface area contributed by atoms with Crippen molar-refractivity contribution in [2.24, 2.45) is 0 Å². The third-order valence-corrected chi connectivity index (χ3v) is 5.38. The number of carbonyl (C=O) groups excluding carboxylic acids is 1. The first-order valence-corrected chi connectivity index (χ1v) is 10.1. The molecule has 0 N–H and O–H groups in total. The van der Waals surface area contributed by atoms with Gasteiger partial charge in [0, 0.05) is 24.9 Å².